The average Bonchev–Trinajstić information content (AvgIpc) is 2.72. The molecule has 1 aromatic rings. The molecule has 5 nitrogen and oxygen atoms in total. The lowest BCUT2D eigenvalue weighted by Crippen LogP contribution is -2.05. The standard InChI is InChI=1S/C14H21N3O2/c15-11-7-10-8-14(19)17-12(10)9-13(11)16-5-3-1-2-4-6-18/h7,9,16,18H,1-6,8,15H2,(H,17,19). The van der Waals surface area contributed by atoms with Gasteiger partial charge >= 0.3 is 0 Å². The van der Waals surface area contributed by atoms with Gasteiger partial charge < -0.3 is 21.5 Å². The number of carbonyl (C=O) groups is 1. The second kappa shape index (κ2) is 6.43. The fraction of sp³-hybridized carbons (Fsp3) is 0.500. The van der Waals surface area contributed by atoms with Crippen molar-refractivity contribution in [1.82, 2.24) is 0 Å². The van der Waals surface area contributed by atoms with Crippen LogP contribution in [0, 0.1) is 0 Å². The van der Waals surface area contributed by atoms with Crippen molar-refractivity contribution in [3.05, 3.63) is 17.7 Å². The van der Waals surface area contributed by atoms with Crippen LogP contribution in [0.4, 0.5) is 17.1 Å². The number of hydrogen-bond acceptors (Lipinski definition) is 4. The maximum atomic E-state index is 11.3. The van der Waals surface area contributed by atoms with Crippen molar-refractivity contribution in [2.24, 2.45) is 0 Å². The van der Waals surface area contributed by atoms with Crippen LogP contribution in [-0.2, 0) is 11.2 Å². The molecule has 2 rings (SSSR count). The van der Waals surface area contributed by atoms with E-state index < -0.39 is 0 Å². The van der Waals surface area contributed by atoms with Crippen LogP contribution in [-0.4, -0.2) is 24.2 Å². The van der Waals surface area contributed by atoms with Gasteiger partial charge in [-0.25, -0.2) is 0 Å². The van der Waals surface area contributed by atoms with Gasteiger partial charge in [-0.05, 0) is 30.5 Å². The third kappa shape index (κ3) is 3.61. The SMILES string of the molecule is Nc1cc2c(cc1NCCCCCCO)NC(=O)C2. The molecule has 0 atom stereocenters. The van der Waals surface area contributed by atoms with Crippen LogP contribution in [0.2, 0.25) is 0 Å². The molecule has 5 N–H and O–H groups in total. The zero-order valence-electron chi connectivity index (χ0n) is 11.0. The summed E-state index contributed by atoms with van der Waals surface area (Å²) in [7, 11) is 0. The molecule has 19 heavy (non-hydrogen) atoms. The monoisotopic (exact) mass is 263 g/mol. The first-order chi connectivity index (χ1) is 9.20. The zero-order chi connectivity index (χ0) is 13.7. The Balaban J connectivity index is 1.84. The number of anilines is 3. The molecule has 1 amide bonds. The van der Waals surface area contributed by atoms with Crippen LogP contribution >= 0.6 is 0 Å². The van der Waals surface area contributed by atoms with E-state index in [1.165, 1.54) is 0 Å². The number of fused-ring (bicyclic) bond motifs is 1. The average molecular weight is 263 g/mol. The van der Waals surface area contributed by atoms with Gasteiger partial charge in [0.2, 0.25) is 5.91 Å². The molecule has 5 heteroatoms. The Morgan fingerprint density at radius 2 is 2.05 bits per heavy atom. The van der Waals surface area contributed by atoms with E-state index in [0.29, 0.717) is 12.1 Å². The lowest BCUT2D eigenvalue weighted by Gasteiger charge is -2.11. The summed E-state index contributed by atoms with van der Waals surface area (Å²) in [5.41, 5.74) is 9.36. The Hall–Kier alpha value is -1.75. The number of amides is 1. The van der Waals surface area contributed by atoms with E-state index in [9.17, 15) is 4.79 Å². The maximum absolute atomic E-state index is 11.3. The van der Waals surface area contributed by atoms with Gasteiger partial charge in [-0.2, -0.15) is 0 Å². The van der Waals surface area contributed by atoms with Gasteiger partial charge in [0.15, 0.2) is 0 Å². The minimum absolute atomic E-state index is 0.0237. The summed E-state index contributed by atoms with van der Waals surface area (Å²) < 4.78 is 0. The van der Waals surface area contributed by atoms with Crippen molar-refractivity contribution < 1.29 is 9.90 Å². The number of nitrogens with two attached hydrogens (primary N) is 1. The largest absolute Gasteiger partial charge is 0.397 e. The number of carbonyl (C=O) groups excluding carboxylic acids is 1. The number of benzene rings is 1. The van der Waals surface area contributed by atoms with Crippen molar-refractivity contribution in [3.8, 4) is 0 Å². The van der Waals surface area contributed by atoms with Crippen LogP contribution in [0.1, 0.15) is 31.2 Å². The van der Waals surface area contributed by atoms with E-state index in [-0.39, 0.29) is 12.5 Å². The summed E-state index contributed by atoms with van der Waals surface area (Å²) in [6.45, 7) is 1.12. The molecule has 1 aliphatic rings. The Bertz CT molecular complexity index is 460. The predicted molar refractivity (Wildman–Crippen MR) is 77.2 cm³/mol. The number of rotatable bonds is 7. The van der Waals surface area contributed by atoms with E-state index in [2.05, 4.69) is 10.6 Å². The van der Waals surface area contributed by atoms with E-state index >= 15 is 0 Å². The van der Waals surface area contributed by atoms with Gasteiger partial charge in [-0.15, -0.1) is 0 Å². The van der Waals surface area contributed by atoms with Crippen LogP contribution in [0.15, 0.2) is 12.1 Å². The molecular weight excluding hydrogens is 242 g/mol. The minimum Gasteiger partial charge on any atom is -0.397 e. The number of aliphatic hydroxyl groups is 1. The molecule has 0 bridgehead atoms. The molecule has 1 aliphatic heterocycles. The summed E-state index contributed by atoms with van der Waals surface area (Å²) in [5, 5.41) is 14.8. The van der Waals surface area contributed by atoms with Crippen LogP contribution in [0.25, 0.3) is 0 Å². The molecule has 0 saturated carbocycles. The summed E-state index contributed by atoms with van der Waals surface area (Å²) in [6.07, 6.45) is 4.47. The molecule has 104 valence electrons. The van der Waals surface area contributed by atoms with Gasteiger partial charge in [0.1, 0.15) is 0 Å². The highest BCUT2D eigenvalue weighted by molar-refractivity contribution is 6.00. The van der Waals surface area contributed by atoms with Crippen LogP contribution in [0.5, 0.6) is 0 Å². The van der Waals surface area contributed by atoms with E-state index in [4.69, 9.17) is 10.8 Å². The number of unbranched alkanes of at least 4 members (excludes halogenated alkanes) is 3. The molecule has 1 heterocycles. The molecule has 0 aromatic heterocycles. The van der Waals surface area contributed by atoms with Crippen molar-refractivity contribution in [2.45, 2.75) is 32.1 Å². The second-order valence-corrected chi connectivity index (χ2v) is 4.89. The quantitative estimate of drug-likeness (QED) is 0.445. The Morgan fingerprint density at radius 1 is 1.26 bits per heavy atom. The first-order valence-electron chi connectivity index (χ1n) is 6.77. The van der Waals surface area contributed by atoms with E-state index in [1.807, 2.05) is 12.1 Å². The highest BCUT2D eigenvalue weighted by atomic mass is 16.2. The summed E-state index contributed by atoms with van der Waals surface area (Å²) in [6, 6.07) is 3.77. The Morgan fingerprint density at radius 3 is 2.84 bits per heavy atom. The molecule has 0 saturated heterocycles. The normalized spacial score (nSPS) is 13.2. The lowest BCUT2D eigenvalue weighted by molar-refractivity contribution is -0.115. The van der Waals surface area contributed by atoms with Crippen molar-refractivity contribution in [3.63, 3.8) is 0 Å². The van der Waals surface area contributed by atoms with Crippen LogP contribution in [0.3, 0.4) is 0 Å². The van der Waals surface area contributed by atoms with Crippen molar-refractivity contribution in [1.29, 1.82) is 0 Å². The number of aliphatic hydroxyl groups excluding tert-OH is 1. The van der Waals surface area contributed by atoms with Gasteiger partial charge in [0.05, 0.1) is 17.8 Å². The van der Waals surface area contributed by atoms with Gasteiger partial charge in [-0.3, -0.25) is 4.79 Å². The fourth-order valence-corrected chi connectivity index (χ4v) is 2.26. The van der Waals surface area contributed by atoms with Gasteiger partial charge in [0, 0.05) is 18.8 Å². The smallest absolute Gasteiger partial charge is 0.228 e. The molecule has 1 aromatic carbocycles. The predicted octanol–water partition coefficient (Wildman–Crippen LogP) is 1.73. The van der Waals surface area contributed by atoms with Gasteiger partial charge in [-0.1, -0.05) is 12.8 Å². The van der Waals surface area contributed by atoms with Gasteiger partial charge in [0.25, 0.3) is 0 Å². The first-order valence-corrected chi connectivity index (χ1v) is 6.77. The second-order valence-electron chi connectivity index (χ2n) is 4.89. The van der Waals surface area contributed by atoms with Crippen molar-refractivity contribution in [2.75, 3.05) is 29.5 Å². The van der Waals surface area contributed by atoms with E-state index in [1.54, 1.807) is 0 Å². The maximum Gasteiger partial charge on any atom is 0.228 e. The third-order valence-corrected chi connectivity index (χ3v) is 3.30. The number of hydrogen-bond donors (Lipinski definition) is 4. The fourth-order valence-electron chi connectivity index (χ4n) is 2.26. The Kier molecular flexibility index (Phi) is 4.63. The molecular formula is C14H21N3O2. The topological polar surface area (TPSA) is 87.4 Å². The summed E-state index contributed by atoms with van der Waals surface area (Å²) in [5.74, 6) is 0.0237. The minimum atomic E-state index is 0.0237. The lowest BCUT2D eigenvalue weighted by atomic mass is 10.1. The molecule has 0 aliphatic carbocycles. The first kappa shape index (κ1) is 13.7. The number of nitrogen functional groups attached to an aromatic ring is 1. The van der Waals surface area contributed by atoms with Crippen LogP contribution < -0.4 is 16.4 Å². The molecule has 0 unspecified atom stereocenters. The highest BCUT2D eigenvalue weighted by Crippen LogP contribution is 2.31. The summed E-state index contributed by atoms with van der Waals surface area (Å²) in [4.78, 5) is 11.3. The summed E-state index contributed by atoms with van der Waals surface area (Å²) >= 11 is 0. The Labute approximate surface area is 113 Å². The molecule has 0 fully saturated rings. The van der Waals surface area contributed by atoms with E-state index in [0.717, 1.165) is 49.2 Å². The highest BCUT2D eigenvalue weighted by Gasteiger charge is 2.18. The zero-order valence-corrected chi connectivity index (χ0v) is 11.0. The molecule has 0 radical (unpaired) electrons. The van der Waals surface area contributed by atoms with Crippen molar-refractivity contribution >= 4 is 23.0 Å². The third-order valence-electron chi connectivity index (χ3n) is 3.30. The number of nitrogens with one attached hydrogen (secondary N) is 2. The molecule has 0 spiro atoms.